The molecule has 0 rings (SSSR count). The van der Waals surface area contributed by atoms with E-state index in [0.29, 0.717) is 13.0 Å². The molecule has 0 fully saturated rings. The van der Waals surface area contributed by atoms with E-state index in [-0.39, 0.29) is 0 Å². The third kappa shape index (κ3) is 14.4. The molecule has 0 aliphatic heterocycles. The number of hydrogen-bond acceptors (Lipinski definition) is 2. The first-order valence-corrected chi connectivity index (χ1v) is 9.56. The van der Waals surface area contributed by atoms with Crippen molar-refractivity contribution in [2.75, 3.05) is 6.61 Å². The zero-order valence-electron chi connectivity index (χ0n) is 14.9. The maximum absolute atomic E-state index is 10.9. The average Bonchev–Trinajstić information content (AvgIpc) is 2.50. The van der Waals surface area contributed by atoms with Crippen LogP contribution < -0.4 is 0 Å². The first-order chi connectivity index (χ1) is 10.7. The number of carboxylic acid groups (broad SMARTS) is 1. The van der Waals surface area contributed by atoms with E-state index < -0.39 is 12.1 Å². The molecular weight excluding hydrogens is 276 g/mol. The van der Waals surface area contributed by atoms with Gasteiger partial charge in [-0.2, -0.15) is 0 Å². The van der Waals surface area contributed by atoms with Crippen molar-refractivity contribution >= 4 is 5.97 Å². The van der Waals surface area contributed by atoms with Gasteiger partial charge in [0.05, 0.1) is 0 Å². The molecule has 1 atom stereocenters. The van der Waals surface area contributed by atoms with Crippen LogP contribution in [-0.4, -0.2) is 23.8 Å². The van der Waals surface area contributed by atoms with E-state index in [1.54, 1.807) is 0 Å². The van der Waals surface area contributed by atoms with Gasteiger partial charge in [0.25, 0.3) is 0 Å². The van der Waals surface area contributed by atoms with Crippen LogP contribution in [-0.2, 0) is 9.53 Å². The van der Waals surface area contributed by atoms with Gasteiger partial charge in [-0.1, -0.05) is 90.4 Å². The fourth-order valence-corrected chi connectivity index (χ4v) is 2.83. The van der Waals surface area contributed by atoms with Crippen LogP contribution in [0.2, 0.25) is 0 Å². The lowest BCUT2D eigenvalue weighted by Crippen LogP contribution is -2.23. The van der Waals surface area contributed by atoms with Crippen molar-refractivity contribution in [3.05, 3.63) is 0 Å². The molecule has 0 saturated carbocycles. The molecule has 0 aliphatic carbocycles. The quantitative estimate of drug-likeness (QED) is 0.337. The molecule has 0 aromatic rings. The molecule has 3 nitrogen and oxygen atoms in total. The van der Waals surface area contributed by atoms with Crippen LogP contribution in [0.1, 0.15) is 104 Å². The summed E-state index contributed by atoms with van der Waals surface area (Å²) in [6.45, 7) is 4.59. The van der Waals surface area contributed by atoms with E-state index in [4.69, 9.17) is 9.84 Å². The van der Waals surface area contributed by atoms with Crippen LogP contribution in [0.4, 0.5) is 0 Å². The Bertz CT molecular complexity index is 241. The molecule has 0 aromatic carbocycles. The Hall–Kier alpha value is -0.570. The highest BCUT2D eigenvalue weighted by molar-refractivity contribution is 5.72. The fourth-order valence-electron chi connectivity index (χ4n) is 2.83. The summed E-state index contributed by atoms with van der Waals surface area (Å²) in [4.78, 5) is 10.9. The number of aliphatic carboxylic acids is 1. The maximum atomic E-state index is 10.9. The molecule has 1 N–H and O–H groups in total. The Morgan fingerprint density at radius 3 is 1.55 bits per heavy atom. The van der Waals surface area contributed by atoms with Crippen LogP contribution >= 0.6 is 0 Å². The van der Waals surface area contributed by atoms with Gasteiger partial charge < -0.3 is 9.84 Å². The molecule has 1 unspecified atom stereocenters. The van der Waals surface area contributed by atoms with Gasteiger partial charge in [-0.15, -0.1) is 0 Å². The maximum Gasteiger partial charge on any atom is 0.332 e. The Morgan fingerprint density at radius 2 is 1.18 bits per heavy atom. The van der Waals surface area contributed by atoms with Crippen molar-refractivity contribution in [1.29, 1.82) is 0 Å². The molecule has 0 amide bonds. The van der Waals surface area contributed by atoms with Gasteiger partial charge in [-0.3, -0.25) is 0 Å². The van der Waals surface area contributed by atoms with Crippen LogP contribution in [0.25, 0.3) is 0 Å². The average molecular weight is 315 g/mol. The third-order valence-corrected chi connectivity index (χ3v) is 4.21. The van der Waals surface area contributed by atoms with Gasteiger partial charge in [0.15, 0.2) is 6.10 Å². The lowest BCUT2D eigenvalue weighted by atomic mass is 10.0. The van der Waals surface area contributed by atoms with Gasteiger partial charge in [0, 0.05) is 6.61 Å². The Labute approximate surface area is 137 Å². The molecule has 22 heavy (non-hydrogen) atoms. The van der Waals surface area contributed by atoms with Crippen molar-refractivity contribution in [3.63, 3.8) is 0 Å². The van der Waals surface area contributed by atoms with Crippen molar-refractivity contribution in [3.8, 4) is 0 Å². The molecular formula is C19H38O3. The van der Waals surface area contributed by atoms with Crippen LogP contribution in [0, 0.1) is 0 Å². The van der Waals surface area contributed by atoms with Gasteiger partial charge in [0.2, 0.25) is 0 Å². The van der Waals surface area contributed by atoms with Crippen molar-refractivity contribution < 1.29 is 14.6 Å². The summed E-state index contributed by atoms with van der Waals surface area (Å²) in [7, 11) is 0. The SMILES string of the molecule is CCCCCCCCCCCCCCCC(OCC)C(=O)O. The van der Waals surface area contributed by atoms with E-state index in [1.807, 2.05) is 6.92 Å². The number of hydrogen-bond donors (Lipinski definition) is 1. The highest BCUT2D eigenvalue weighted by Crippen LogP contribution is 2.14. The predicted molar refractivity (Wildman–Crippen MR) is 93.4 cm³/mol. The highest BCUT2D eigenvalue weighted by atomic mass is 16.5. The highest BCUT2D eigenvalue weighted by Gasteiger charge is 2.16. The molecule has 0 saturated heterocycles. The fraction of sp³-hybridized carbons (Fsp3) is 0.947. The van der Waals surface area contributed by atoms with Gasteiger partial charge in [-0.05, 0) is 13.3 Å². The van der Waals surface area contributed by atoms with E-state index in [0.717, 1.165) is 12.8 Å². The Balaban J connectivity index is 3.21. The molecule has 0 spiro atoms. The minimum absolute atomic E-state index is 0.482. The van der Waals surface area contributed by atoms with Gasteiger partial charge in [0.1, 0.15) is 0 Å². The first kappa shape index (κ1) is 21.4. The number of unbranched alkanes of at least 4 members (excludes halogenated alkanes) is 12. The number of carboxylic acids is 1. The second-order valence-electron chi connectivity index (χ2n) is 6.31. The number of carbonyl (C=O) groups is 1. The third-order valence-electron chi connectivity index (χ3n) is 4.21. The monoisotopic (exact) mass is 314 g/mol. The molecule has 0 bridgehead atoms. The zero-order valence-corrected chi connectivity index (χ0v) is 14.9. The standard InChI is InChI=1S/C19H38O3/c1-3-5-6-7-8-9-10-11-12-13-14-15-16-17-18(19(20)21)22-4-2/h18H,3-17H2,1-2H3,(H,20,21). The normalized spacial score (nSPS) is 12.5. The lowest BCUT2D eigenvalue weighted by Gasteiger charge is -2.11. The van der Waals surface area contributed by atoms with Crippen molar-refractivity contribution in [2.45, 2.75) is 110 Å². The van der Waals surface area contributed by atoms with Crippen molar-refractivity contribution in [2.24, 2.45) is 0 Å². The van der Waals surface area contributed by atoms with E-state index in [1.165, 1.54) is 70.6 Å². The topological polar surface area (TPSA) is 46.5 Å². The molecule has 0 aliphatic rings. The summed E-state index contributed by atoms with van der Waals surface area (Å²) in [6.07, 6.45) is 17.1. The second-order valence-corrected chi connectivity index (χ2v) is 6.31. The summed E-state index contributed by atoms with van der Waals surface area (Å²) in [5, 5.41) is 8.97. The lowest BCUT2D eigenvalue weighted by molar-refractivity contribution is -0.150. The molecule has 132 valence electrons. The van der Waals surface area contributed by atoms with Crippen LogP contribution in [0.3, 0.4) is 0 Å². The second kappa shape index (κ2) is 16.8. The summed E-state index contributed by atoms with van der Waals surface area (Å²) >= 11 is 0. The van der Waals surface area contributed by atoms with Gasteiger partial charge in [-0.25, -0.2) is 4.79 Å². The summed E-state index contributed by atoms with van der Waals surface area (Å²) in [5.74, 6) is -0.819. The minimum atomic E-state index is -0.819. The predicted octanol–water partition coefficient (Wildman–Crippen LogP) is 5.96. The summed E-state index contributed by atoms with van der Waals surface area (Å²) in [5.41, 5.74) is 0. The van der Waals surface area contributed by atoms with E-state index in [2.05, 4.69) is 6.92 Å². The molecule has 0 aromatic heterocycles. The largest absolute Gasteiger partial charge is 0.479 e. The Morgan fingerprint density at radius 1 is 0.773 bits per heavy atom. The minimum Gasteiger partial charge on any atom is -0.479 e. The molecule has 0 radical (unpaired) electrons. The first-order valence-electron chi connectivity index (χ1n) is 9.56. The summed E-state index contributed by atoms with van der Waals surface area (Å²) in [6, 6.07) is 0. The summed E-state index contributed by atoms with van der Waals surface area (Å²) < 4.78 is 5.21. The smallest absolute Gasteiger partial charge is 0.332 e. The van der Waals surface area contributed by atoms with E-state index >= 15 is 0 Å². The zero-order chi connectivity index (χ0) is 16.5. The number of rotatable bonds is 17. The van der Waals surface area contributed by atoms with Crippen LogP contribution in [0.5, 0.6) is 0 Å². The van der Waals surface area contributed by atoms with Gasteiger partial charge >= 0.3 is 5.97 Å². The van der Waals surface area contributed by atoms with E-state index in [9.17, 15) is 4.79 Å². The van der Waals surface area contributed by atoms with Crippen LogP contribution in [0.15, 0.2) is 0 Å². The molecule has 0 heterocycles. The Kier molecular flexibility index (Phi) is 16.4. The number of ether oxygens (including phenoxy) is 1. The van der Waals surface area contributed by atoms with Crippen molar-refractivity contribution in [1.82, 2.24) is 0 Å². The molecule has 3 heteroatoms.